The van der Waals surface area contributed by atoms with E-state index in [4.69, 9.17) is 4.74 Å². The average Bonchev–Trinajstić information content (AvgIpc) is 2.04. The highest BCUT2D eigenvalue weighted by Gasteiger charge is 2.18. The first-order valence-corrected chi connectivity index (χ1v) is 5.13. The van der Waals surface area contributed by atoms with E-state index in [1.807, 2.05) is 6.92 Å². The Kier molecular flexibility index (Phi) is 5.90. The van der Waals surface area contributed by atoms with Crippen molar-refractivity contribution in [2.24, 2.45) is 0 Å². The molecular formula is C8H12O3S2. The Morgan fingerprint density at radius 1 is 1.46 bits per heavy atom. The first-order valence-electron chi connectivity index (χ1n) is 3.69. The zero-order valence-electron chi connectivity index (χ0n) is 7.79. The molecule has 0 aliphatic rings. The number of ether oxygens (including phenoxy) is 1. The van der Waals surface area contributed by atoms with Crippen LogP contribution in [0.4, 0.5) is 0 Å². The summed E-state index contributed by atoms with van der Waals surface area (Å²) in [7, 11) is 1.41. The molecule has 0 atom stereocenters. The van der Waals surface area contributed by atoms with Gasteiger partial charge in [-0.3, -0.25) is 9.59 Å². The van der Waals surface area contributed by atoms with Crippen molar-refractivity contribution in [3.05, 3.63) is 11.3 Å². The summed E-state index contributed by atoms with van der Waals surface area (Å²) in [6, 6.07) is 0. The molecule has 0 radical (unpaired) electrons. The lowest BCUT2D eigenvalue weighted by Crippen LogP contribution is -2.08. The molecule has 0 aromatic rings. The van der Waals surface area contributed by atoms with Crippen molar-refractivity contribution >= 4 is 34.6 Å². The number of thiol groups is 1. The second-order valence-corrected chi connectivity index (χ2v) is 3.80. The lowest BCUT2D eigenvalue weighted by Gasteiger charge is -2.05. The van der Waals surface area contributed by atoms with Gasteiger partial charge in [0, 0.05) is 0 Å². The minimum absolute atomic E-state index is 0.0256. The van der Waals surface area contributed by atoms with Crippen molar-refractivity contribution < 1.29 is 14.3 Å². The molecular weight excluding hydrogens is 208 g/mol. The van der Waals surface area contributed by atoms with Crippen LogP contribution in [-0.4, -0.2) is 23.1 Å². The Morgan fingerprint density at radius 2 is 2.00 bits per heavy atom. The van der Waals surface area contributed by atoms with Gasteiger partial charge >= 0.3 is 0 Å². The molecule has 5 heteroatoms. The number of carbonyl (C=O) groups excluding carboxylic acids is 2. The van der Waals surface area contributed by atoms with Gasteiger partial charge in [-0.1, -0.05) is 18.7 Å². The SMILES string of the molecule is CCSC(=O)/C(C(=O)S)=C(\C)OC. The number of methoxy groups -OCH3 is 1. The van der Waals surface area contributed by atoms with E-state index in [1.54, 1.807) is 6.92 Å². The monoisotopic (exact) mass is 220 g/mol. The van der Waals surface area contributed by atoms with Crippen molar-refractivity contribution in [3.63, 3.8) is 0 Å². The molecule has 0 saturated heterocycles. The first kappa shape index (κ1) is 12.6. The average molecular weight is 220 g/mol. The smallest absolute Gasteiger partial charge is 0.227 e. The van der Waals surface area contributed by atoms with Crippen molar-refractivity contribution in [2.75, 3.05) is 12.9 Å². The van der Waals surface area contributed by atoms with Crippen LogP contribution >= 0.6 is 24.4 Å². The number of carbonyl (C=O) groups is 2. The normalized spacial score (nSPS) is 12.0. The summed E-state index contributed by atoms with van der Waals surface area (Å²) in [5, 5.41) is -0.841. The minimum atomic E-state index is -0.551. The molecule has 0 aromatic heterocycles. The fourth-order valence-electron chi connectivity index (χ4n) is 0.687. The lowest BCUT2D eigenvalue weighted by molar-refractivity contribution is -0.113. The van der Waals surface area contributed by atoms with Gasteiger partial charge < -0.3 is 4.74 Å². The van der Waals surface area contributed by atoms with Crippen LogP contribution < -0.4 is 0 Å². The summed E-state index contributed by atoms with van der Waals surface area (Å²) in [5.41, 5.74) is 0.0256. The van der Waals surface area contributed by atoms with Gasteiger partial charge in [-0.15, -0.1) is 12.6 Å². The van der Waals surface area contributed by atoms with Crippen molar-refractivity contribution in [1.82, 2.24) is 0 Å². The van der Waals surface area contributed by atoms with Crippen molar-refractivity contribution in [2.45, 2.75) is 13.8 Å². The summed E-state index contributed by atoms with van der Waals surface area (Å²) < 4.78 is 4.82. The van der Waals surface area contributed by atoms with Gasteiger partial charge in [0.1, 0.15) is 11.3 Å². The zero-order valence-corrected chi connectivity index (χ0v) is 9.50. The molecule has 3 nitrogen and oxygen atoms in total. The van der Waals surface area contributed by atoms with E-state index in [2.05, 4.69) is 12.6 Å². The van der Waals surface area contributed by atoms with E-state index in [0.29, 0.717) is 11.5 Å². The highest BCUT2D eigenvalue weighted by atomic mass is 32.2. The molecule has 0 amide bonds. The Balaban J connectivity index is 4.82. The highest BCUT2D eigenvalue weighted by molar-refractivity contribution is 8.14. The number of rotatable bonds is 4. The molecule has 0 rings (SSSR count). The van der Waals surface area contributed by atoms with E-state index >= 15 is 0 Å². The Hall–Kier alpha value is -0.420. The molecule has 0 aliphatic carbocycles. The van der Waals surface area contributed by atoms with Crippen LogP contribution in [0.15, 0.2) is 11.3 Å². The van der Waals surface area contributed by atoms with Crippen LogP contribution in [0.25, 0.3) is 0 Å². The summed E-state index contributed by atoms with van der Waals surface area (Å²) >= 11 is 4.67. The van der Waals surface area contributed by atoms with Gasteiger partial charge in [-0.2, -0.15) is 0 Å². The summed E-state index contributed by atoms with van der Waals surface area (Å²) in [5.74, 6) is 0.936. The molecule has 0 saturated carbocycles. The fourth-order valence-corrected chi connectivity index (χ4v) is 1.66. The summed E-state index contributed by atoms with van der Waals surface area (Å²) in [6.45, 7) is 3.41. The predicted molar refractivity (Wildman–Crippen MR) is 56.8 cm³/mol. The maximum Gasteiger partial charge on any atom is 0.227 e. The minimum Gasteiger partial charge on any atom is -0.500 e. The molecule has 0 N–H and O–H groups in total. The van der Waals surface area contributed by atoms with Gasteiger partial charge in [-0.05, 0) is 12.7 Å². The second-order valence-electron chi connectivity index (χ2n) is 2.16. The number of allylic oxidation sites excluding steroid dienone is 1. The largest absolute Gasteiger partial charge is 0.500 e. The Morgan fingerprint density at radius 3 is 2.31 bits per heavy atom. The van der Waals surface area contributed by atoms with E-state index < -0.39 is 5.12 Å². The third kappa shape index (κ3) is 3.87. The van der Waals surface area contributed by atoms with E-state index in [-0.39, 0.29) is 10.7 Å². The third-order valence-electron chi connectivity index (χ3n) is 1.35. The standard InChI is InChI=1S/C8H12O3S2/c1-4-13-8(10)6(7(9)12)5(2)11-3/h4H2,1-3H3,(H,9,12)/b6-5+. The molecule has 74 valence electrons. The molecule has 13 heavy (non-hydrogen) atoms. The van der Waals surface area contributed by atoms with Gasteiger partial charge in [0.25, 0.3) is 0 Å². The number of hydrogen-bond acceptors (Lipinski definition) is 4. The van der Waals surface area contributed by atoms with E-state index in [0.717, 1.165) is 11.8 Å². The molecule has 0 aromatic carbocycles. The van der Waals surface area contributed by atoms with Crippen LogP contribution in [-0.2, 0) is 14.3 Å². The highest BCUT2D eigenvalue weighted by Crippen LogP contribution is 2.17. The zero-order chi connectivity index (χ0) is 10.4. The maximum absolute atomic E-state index is 11.3. The van der Waals surface area contributed by atoms with Gasteiger partial charge in [0.2, 0.25) is 10.2 Å². The van der Waals surface area contributed by atoms with E-state index in [1.165, 1.54) is 7.11 Å². The number of hydrogen-bond donors (Lipinski definition) is 1. The van der Waals surface area contributed by atoms with Crippen molar-refractivity contribution in [1.29, 1.82) is 0 Å². The van der Waals surface area contributed by atoms with E-state index in [9.17, 15) is 9.59 Å². The van der Waals surface area contributed by atoms with Crippen LogP contribution in [0.5, 0.6) is 0 Å². The Labute approximate surface area is 87.3 Å². The summed E-state index contributed by atoms with van der Waals surface area (Å²) in [4.78, 5) is 22.3. The Bertz CT molecular complexity index is 246. The molecule has 0 fully saturated rings. The molecule has 0 heterocycles. The second kappa shape index (κ2) is 6.10. The number of thioether (sulfide) groups is 1. The molecule has 0 unspecified atom stereocenters. The van der Waals surface area contributed by atoms with Crippen LogP contribution in [0.1, 0.15) is 13.8 Å². The molecule has 0 spiro atoms. The van der Waals surface area contributed by atoms with Crippen LogP contribution in [0.2, 0.25) is 0 Å². The van der Waals surface area contributed by atoms with Crippen LogP contribution in [0.3, 0.4) is 0 Å². The molecule has 0 bridgehead atoms. The summed E-state index contributed by atoms with van der Waals surface area (Å²) in [6.07, 6.45) is 0. The maximum atomic E-state index is 11.3. The first-order chi connectivity index (χ1) is 6.04. The van der Waals surface area contributed by atoms with Crippen molar-refractivity contribution in [3.8, 4) is 0 Å². The predicted octanol–water partition coefficient (Wildman–Crippen LogP) is 1.64. The molecule has 0 aliphatic heterocycles. The van der Waals surface area contributed by atoms with Gasteiger partial charge in [0.05, 0.1) is 7.11 Å². The lowest BCUT2D eigenvalue weighted by atomic mass is 10.3. The van der Waals surface area contributed by atoms with Crippen LogP contribution in [0, 0.1) is 0 Å². The van der Waals surface area contributed by atoms with Gasteiger partial charge in [0.15, 0.2) is 0 Å². The third-order valence-corrected chi connectivity index (χ3v) is 2.33. The quantitative estimate of drug-likeness (QED) is 0.257. The fraction of sp³-hybridized carbons (Fsp3) is 0.500. The van der Waals surface area contributed by atoms with Gasteiger partial charge in [-0.25, -0.2) is 0 Å². The topological polar surface area (TPSA) is 43.4 Å².